The van der Waals surface area contributed by atoms with Gasteiger partial charge in [0, 0.05) is 18.3 Å². The topological polar surface area (TPSA) is 45.5 Å². The highest BCUT2D eigenvalue weighted by molar-refractivity contribution is 6.62. The average molecular weight is 278 g/mol. The number of hydrogen-bond donors (Lipinski definition) is 0. The predicted octanol–water partition coefficient (Wildman–Crippen LogP) is 1.45. The van der Waals surface area contributed by atoms with Gasteiger partial charge < -0.3 is 14.0 Å². The first kappa shape index (κ1) is 14.1. The van der Waals surface area contributed by atoms with Crippen LogP contribution in [0.15, 0.2) is 6.20 Å². The minimum Gasteiger partial charge on any atom is -0.399 e. The van der Waals surface area contributed by atoms with Gasteiger partial charge in [-0.2, -0.15) is 5.10 Å². The second kappa shape index (κ2) is 4.58. The van der Waals surface area contributed by atoms with Crippen molar-refractivity contribution in [3.63, 3.8) is 0 Å². The Hall–Kier alpha value is -0.845. The maximum atomic E-state index is 6.10. The van der Waals surface area contributed by atoms with Crippen molar-refractivity contribution in [3.05, 3.63) is 11.9 Å². The van der Waals surface area contributed by atoms with E-state index in [1.165, 1.54) is 0 Å². The fourth-order valence-corrected chi connectivity index (χ4v) is 2.61. The molecule has 0 radical (unpaired) electrons. The molecule has 5 nitrogen and oxygen atoms in total. The predicted molar refractivity (Wildman–Crippen MR) is 77.2 cm³/mol. The molecule has 2 aliphatic rings. The standard InChI is InChI=1S/C14H23BN2O3/c1-10-12(8-17(16-10)11-6-7-18-9-11)15-19-13(2,3)14(4,5)20-15/h8,11H,6-7,9H2,1-5H3. The average Bonchev–Trinajstić information content (AvgIpc) is 2.98. The fraction of sp³-hybridized carbons (Fsp3) is 0.786. The van der Waals surface area contributed by atoms with E-state index in [-0.39, 0.29) is 18.3 Å². The highest BCUT2D eigenvalue weighted by Crippen LogP contribution is 2.36. The van der Waals surface area contributed by atoms with E-state index < -0.39 is 0 Å². The van der Waals surface area contributed by atoms with Gasteiger partial charge in [0.15, 0.2) is 0 Å². The lowest BCUT2D eigenvalue weighted by Crippen LogP contribution is -2.41. The number of nitrogens with zero attached hydrogens (tertiary/aromatic N) is 2. The first-order valence-electron chi connectivity index (χ1n) is 7.29. The van der Waals surface area contributed by atoms with Crippen LogP contribution >= 0.6 is 0 Å². The van der Waals surface area contributed by atoms with Crippen LogP contribution in [0.4, 0.5) is 0 Å². The van der Waals surface area contributed by atoms with Crippen molar-refractivity contribution in [1.82, 2.24) is 9.78 Å². The van der Waals surface area contributed by atoms with Crippen LogP contribution in [0.3, 0.4) is 0 Å². The molecule has 0 aromatic carbocycles. The Bertz CT molecular complexity index is 491. The molecule has 0 bridgehead atoms. The van der Waals surface area contributed by atoms with Gasteiger partial charge >= 0.3 is 7.12 Å². The van der Waals surface area contributed by atoms with Crippen molar-refractivity contribution >= 4 is 12.6 Å². The van der Waals surface area contributed by atoms with Crippen LogP contribution in [0.5, 0.6) is 0 Å². The van der Waals surface area contributed by atoms with Gasteiger partial charge in [0.25, 0.3) is 0 Å². The molecule has 2 saturated heterocycles. The van der Waals surface area contributed by atoms with Gasteiger partial charge in [0.1, 0.15) is 0 Å². The molecule has 0 saturated carbocycles. The molecule has 1 aromatic rings. The highest BCUT2D eigenvalue weighted by atomic mass is 16.7. The van der Waals surface area contributed by atoms with Crippen LogP contribution in [0.25, 0.3) is 0 Å². The Kier molecular flexibility index (Phi) is 3.23. The van der Waals surface area contributed by atoms with Gasteiger partial charge in [-0.05, 0) is 41.0 Å². The SMILES string of the molecule is Cc1nn(C2CCOC2)cc1B1OC(C)(C)C(C)(C)O1. The van der Waals surface area contributed by atoms with Crippen molar-refractivity contribution in [1.29, 1.82) is 0 Å². The van der Waals surface area contributed by atoms with Gasteiger partial charge in [-0.15, -0.1) is 0 Å². The normalized spacial score (nSPS) is 28.2. The van der Waals surface area contributed by atoms with Crippen LogP contribution in [0, 0.1) is 6.92 Å². The molecule has 110 valence electrons. The zero-order chi connectivity index (χ0) is 14.5. The van der Waals surface area contributed by atoms with Gasteiger partial charge in [-0.25, -0.2) is 0 Å². The highest BCUT2D eigenvalue weighted by Gasteiger charge is 2.52. The van der Waals surface area contributed by atoms with Crippen molar-refractivity contribution in [2.45, 2.75) is 58.3 Å². The first-order chi connectivity index (χ1) is 9.30. The molecule has 0 amide bonds. The fourth-order valence-electron chi connectivity index (χ4n) is 2.61. The van der Waals surface area contributed by atoms with E-state index in [2.05, 4.69) is 39.0 Å². The summed E-state index contributed by atoms with van der Waals surface area (Å²) in [6.45, 7) is 11.8. The number of hydrogen-bond acceptors (Lipinski definition) is 4. The van der Waals surface area contributed by atoms with Crippen LogP contribution in [-0.4, -0.2) is 41.3 Å². The van der Waals surface area contributed by atoms with E-state index in [0.29, 0.717) is 6.04 Å². The smallest absolute Gasteiger partial charge is 0.399 e. The lowest BCUT2D eigenvalue weighted by atomic mass is 9.79. The van der Waals surface area contributed by atoms with Crippen molar-refractivity contribution < 1.29 is 14.0 Å². The zero-order valence-corrected chi connectivity index (χ0v) is 13.0. The van der Waals surface area contributed by atoms with Crippen LogP contribution in [-0.2, 0) is 14.0 Å². The van der Waals surface area contributed by atoms with Crippen molar-refractivity contribution in [2.75, 3.05) is 13.2 Å². The Labute approximate surface area is 120 Å². The Morgan fingerprint density at radius 2 is 1.90 bits per heavy atom. The summed E-state index contributed by atoms with van der Waals surface area (Å²) >= 11 is 0. The number of aromatic nitrogens is 2. The second-order valence-corrected chi connectivity index (χ2v) is 6.76. The zero-order valence-electron chi connectivity index (χ0n) is 13.0. The summed E-state index contributed by atoms with van der Waals surface area (Å²) in [5, 5.41) is 4.61. The van der Waals surface area contributed by atoms with E-state index in [1.54, 1.807) is 0 Å². The van der Waals surface area contributed by atoms with Gasteiger partial charge in [0.2, 0.25) is 0 Å². The maximum Gasteiger partial charge on any atom is 0.498 e. The summed E-state index contributed by atoms with van der Waals surface area (Å²) in [6, 6.07) is 0.338. The summed E-state index contributed by atoms with van der Waals surface area (Å²) in [6.07, 6.45) is 3.07. The third-order valence-electron chi connectivity index (χ3n) is 4.74. The van der Waals surface area contributed by atoms with Gasteiger partial charge in [0.05, 0.1) is 29.5 Å². The van der Waals surface area contributed by atoms with Crippen LogP contribution < -0.4 is 5.46 Å². The molecule has 1 aromatic heterocycles. The Balaban J connectivity index is 1.85. The Morgan fingerprint density at radius 1 is 1.25 bits per heavy atom. The molecular weight excluding hydrogens is 255 g/mol. The lowest BCUT2D eigenvalue weighted by Gasteiger charge is -2.32. The quantitative estimate of drug-likeness (QED) is 0.768. The molecule has 20 heavy (non-hydrogen) atoms. The first-order valence-corrected chi connectivity index (χ1v) is 7.29. The number of rotatable bonds is 2. The minimum atomic E-state index is -0.337. The lowest BCUT2D eigenvalue weighted by molar-refractivity contribution is 0.00578. The summed E-state index contributed by atoms with van der Waals surface area (Å²) in [5.74, 6) is 0. The van der Waals surface area contributed by atoms with Gasteiger partial charge in [-0.3, -0.25) is 4.68 Å². The Morgan fingerprint density at radius 3 is 2.45 bits per heavy atom. The van der Waals surface area contributed by atoms with Crippen molar-refractivity contribution in [3.8, 4) is 0 Å². The van der Waals surface area contributed by atoms with Crippen molar-refractivity contribution in [2.24, 2.45) is 0 Å². The van der Waals surface area contributed by atoms with E-state index in [9.17, 15) is 0 Å². The number of aryl methyl sites for hydroxylation is 1. The number of ether oxygens (including phenoxy) is 1. The molecule has 0 N–H and O–H groups in total. The van der Waals surface area contributed by atoms with E-state index >= 15 is 0 Å². The van der Waals surface area contributed by atoms with E-state index in [4.69, 9.17) is 14.0 Å². The molecule has 0 aliphatic carbocycles. The monoisotopic (exact) mass is 278 g/mol. The summed E-state index contributed by atoms with van der Waals surface area (Å²) in [5.41, 5.74) is 1.36. The van der Waals surface area contributed by atoms with Gasteiger partial charge in [-0.1, -0.05) is 0 Å². The van der Waals surface area contributed by atoms with E-state index in [1.807, 2.05) is 11.6 Å². The maximum absolute atomic E-state index is 6.10. The molecule has 0 spiro atoms. The molecule has 3 heterocycles. The molecule has 2 aliphatic heterocycles. The molecule has 3 rings (SSSR count). The van der Waals surface area contributed by atoms with Crippen LogP contribution in [0.2, 0.25) is 0 Å². The molecule has 1 atom stereocenters. The second-order valence-electron chi connectivity index (χ2n) is 6.76. The molecular formula is C14H23BN2O3. The molecule has 6 heteroatoms. The summed E-state index contributed by atoms with van der Waals surface area (Å²) in [4.78, 5) is 0. The molecule has 2 fully saturated rings. The van der Waals surface area contributed by atoms with E-state index in [0.717, 1.165) is 30.8 Å². The summed E-state index contributed by atoms with van der Waals surface area (Å²) < 4.78 is 19.6. The summed E-state index contributed by atoms with van der Waals surface area (Å²) in [7, 11) is -0.337. The third kappa shape index (κ3) is 2.20. The minimum absolute atomic E-state index is 0.317. The van der Waals surface area contributed by atoms with Crippen LogP contribution in [0.1, 0.15) is 45.9 Å². The molecule has 1 unspecified atom stereocenters. The largest absolute Gasteiger partial charge is 0.498 e. The third-order valence-corrected chi connectivity index (χ3v) is 4.74.